The molecule has 0 unspecified atom stereocenters. The van der Waals surface area contributed by atoms with Crippen LogP contribution in [-0.4, -0.2) is 76.2 Å². The largest absolute Gasteiger partial charge is 0.493 e. The molecule has 4 rings (SSSR count). The molecule has 0 bridgehead atoms. The number of imide groups is 1. The van der Waals surface area contributed by atoms with Crippen LogP contribution < -0.4 is 14.8 Å². The summed E-state index contributed by atoms with van der Waals surface area (Å²) in [6, 6.07) is 4.76. The van der Waals surface area contributed by atoms with Crippen molar-refractivity contribution in [2.24, 2.45) is 0 Å². The summed E-state index contributed by atoms with van der Waals surface area (Å²) < 4.78 is 10.8. The summed E-state index contributed by atoms with van der Waals surface area (Å²) in [6.45, 7) is 4.55. The molecule has 1 aromatic carbocycles. The van der Waals surface area contributed by atoms with E-state index >= 15 is 0 Å². The maximum atomic E-state index is 12.8. The lowest BCUT2D eigenvalue weighted by Crippen LogP contribution is -2.51. The Bertz CT molecular complexity index is 1060. The van der Waals surface area contributed by atoms with E-state index < -0.39 is 11.9 Å². The summed E-state index contributed by atoms with van der Waals surface area (Å²) in [4.78, 5) is 53.0. The number of hydrogen-bond donors (Lipinski definition) is 1. The fourth-order valence-corrected chi connectivity index (χ4v) is 6.61. The van der Waals surface area contributed by atoms with Crippen LogP contribution in [-0.2, 0) is 14.4 Å². The fourth-order valence-electron chi connectivity index (χ4n) is 4.32. The molecule has 3 saturated heterocycles. The molecule has 1 N–H and O–H groups in total. The molecule has 3 fully saturated rings. The molecule has 0 aromatic heterocycles. The maximum Gasteiger partial charge on any atom is 0.293 e. The zero-order valence-corrected chi connectivity index (χ0v) is 20.9. The lowest BCUT2D eigenvalue weighted by atomic mass is 10.2. The summed E-state index contributed by atoms with van der Waals surface area (Å²) in [5, 5.41) is 2.40. The number of nitrogens with zero attached hydrogens (tertiary/aromatic N) is 2. The first-order valence-electron chi connectivity index (χ1n) is 11.1. The van der Waals surface area contributed by atoms with Gasteiger partial charge in [-0.15, -0.1) is 11.8 Å². The third-order valence-corrected chi connectivity index (χ3v) is 8.45. The van der Waals surface area contributed by atoms with E-state index in [1.54, 1.807) is 40.9 Å². The van der Waals surface area contributed by atoms with Crippen LogP contribution in [0.25, 0.3) is 6.08 Å². The number of carbonyl (C=O) groups is 4. The van der Waals surface area contributed by atoms with Gasteiger partial charge in [0.05, 0.1) is 23.5 Å². The molecule has 182 valence electrons. The number of amides is 4. The third-order valence-electron chi connectivity index (χ3n) is 6.04. The molecule has 1 aromatic rings. The highest BCUT2D eigenvalue weighted by Crippen LogP contribution is 2.47. The Labute approximate surface area is 206 Å². The van der Waals surface area contributed by atoms with Gasteiger partial charge in [-0.3, -0.25) is 24.1 Å². The first kappa shape index (κ1) is 24.5. The quantitative estimate of drug-likeness (QED) is 0.538. The van der Waals surface area contributed by atoms with Crippen molar-refractivity contribution in [1.29, 1.82) is 0 Å². The van der Waals surface area contributed by atoms with Gasteiger partial charge in [-0.1, -0.05) is 6.07 Å². The van der Waals surface area contributed by atoms with Crippen LogP contribution in [0.15, 0.2) is 23.1 Å². The van der Waals surface area contributed by atoms with E-state index in [0.717, 1.165) is 23.1 Å². The van der Waals surface area contributed by atoms with Gasteiger partial charge in [0.2, 0.25) is 11.8 Å². The number of thioether (sulfide) groups is 2. The Morgan fingerprint density at radius 2 is 2.09 bits per heavy atom. The van der Waals surface area contributed by atoms with Gasteiger partial charge in [-0.25, -0.2) is 0 Å². The summed E-state index contributed by atoms with van der Waals surface area (Å²) in [5.41, 5.74) is 0.705. The topological polar surface area (TPSA) is 105 Å². The second-order valence-electron chi connectivity index (χ2n) is 8.23. The number of benzene rings is 1. The molecule has 3 heterocycles. The van der Waals surface area contributed by atoms with Crippen molar-refractivity contribution in [2.75, 3.05) is 32.6 Å². The van der Waals surface area contributed by atoms with Gasteiger partial charge in [-0.2, -0.15) is 0 Å². The highest BCUT2D eigenvalue weighted by atomic mass is 32.2. The van der Waals surface area contributed by atoms with Crippen molar-refractivity contribution >= 4 is 52.6 Å². The molecule has 0 radical (unpaired) electrons. The minimum atomic E-state index is -0.519. The number of hydrogen-bond acceptors (Lipinski definition) is 8. The Hall–Kier alpha value is -2.66. The van der Waals surface area contributed by atoms with E-state index in [2.05, 4.69) is 5.32 Å². The van der Waals surface area contributed by atoms with Crippen molar-refractivity contribution in [1.82, 2.24) is 15.1 Å². The van der Waals surface area contributed by atoms with Crippen LogP contribution >= 0.6 is 23.5 Å². The van der Waals surface area contributed by atoms with Crippen molar-refractivity contribution in [3.8, 4) is 11.5 Å². The van der Waals surface area contributed by atoms with E-state index in [-0.39, 0.29) is 35.0 Å². The molecule has 0 aliphatic carbocycles. The first-order valence-corrected chi connectivity index (χ1v) is 12.9. The minimum Gasteiger partial charge on any atom is -0.493 e. The van der Waals surface area contributed by atoms with Gasteiger partial charge in [0.15, 0.2) is 11.5 Å². The molecule has 9 nitrogen and oxygen atoms in total. The van der Waals surface area contributed by atoms with Gasteiger partial charge in [0.1, 0.15) is 6.04 Å². The molecular formula is C23H27N3O6S2. The molecule has 3 aliphatic rings. The van der Waals surface area contributed by atoms with Gasteiger partial charge < -0.3 is 19.7 Å². The lowest BCUT2D eigenvalue weighted by Gasteiger charge is -2.29. The molecule has 2 atom stereocenters. The molecule has 34 heavy (non-hydrogen) atoms. The smallest absolute Gasteiger partial charge is 0.293 e. The van der Waals surface area contributed by atoms with Crippen LogP contribution in [0.2, 0.25) is 0 Å². The second kappa shape index (κ2) is 9.91. The Kier molecular flexibility index (Phi) is 7.13. The number of rotatable bonds is 8. The zero-order valence-electron chi connectivity index (χ0n) is 19.3. The van der Waals surface area contributed by atoms with Gasteiger partial charge in [-0.05, 0) is 55.8 Å². The van der Waals surface area contributed by atoms with E-state index in [9.17, 15) is 19.2 Å². The van der Waals surface area contributed by atoms with Gasteiger partial charge >= 0.3 is 0 Å². The second-order valence-corrected chi connectivity index (χ2v) is 10.7. The van der Waals surface area contributed by atoms with Gasteiger partial charge in [0, 0.05) is 25.3 Å². The normalized spacial score (nSPS) is 25.3. The van der Waals surface area contributed by atoms with E-state index in [1.165, 1.54) is 7.11 Å². The summed E-state index contributed by atoms with van der Waals surface area (Å²) >= 11 is 2.48. The number of carbonyl (C=O) groups excluding carboxylic acids is 4. The minimum absolute atomic E-state index is 0.00496. The van der Waals surface area contributed by atoms with E-state index in [0.29, 0.717) is 40.7 Å². The van der Waals surface area contributed by atoms with Crippen molar-refractivity contribution < 1.29 is 28.7 Å². The number of fused-ring (bicyclic) bond motifs is 1. The molecule has 3 aliphatic heterocycles. The summed E-state index contributed by atoms with van der Waals surface area (Å²) in [7, 11) is 1.54. The first-order chi connectivity index (χ1) is 16.3. The third kappa shape index (κ3) is 4.63. The molecule has 0 saturated carbocycles. The van der Waals surface area contributed by atoms with E-state index in [4.69, 9.17) is 9.47 Å². The van der Waals surface area contributed by atoms with Crippen LogP contribution in [0.3, 0.4) is 0 Å². The lowest BCUT2D eigenvalue weighted by molar-refractivity contribution is -0.137. The highest BCUT2D eigenvalue weighted by molar-refractivity contribution is 8.18. The fraction of sp³-hybridized carbons (Fsp3) is 0.478. The molecule has 11 heteroatoms. The number of ether oxygens (including phenoxy) is 2. The maximum absolute atomic E-state index is 12.8. The van der Waals surface area contributed by atoms with Crippen molar-refractivity contribution in [3.05, 3.63) is 28.7 Å². The molecule has 4 amide bonds. The summed E-state index contributed by atoms with van der Waals surface area (Å²) in [6.07, 6.45) is 2.83. The summed E-state index contributed by atoms with van der Waals surface area (Å²) in [5.74, 6) is 1.02. The highest BCUT2D eigenvalue weighted by Gasteiger charge is 2.52. The SMILES string of the molecule is CCOc1ccc(/C=C2/SC(=O)N(CCNC(=O)[C@H]3CS[C@]4(C)CCC(=O)N34)C2=O)cc1OC. The number of nitrogens with one attached hydrogen (secondary N) is 1. The van der Waals surface area contributed by atoms with Crippen LogP contribution in [0.4, 0.5) is 4.79 Å². The number of methoxy groups -OCH3 is 1. The van der Waals surface area contributed by atoms with Crippen molar-refractivity contribution in [3.63, 3.8) is 0 Å². The van der Waals surface area contributed by atoms with E-state index in [1.807, 2.05) is 13.8 Å². The van der Waals surface area contributed by atoms with Crippen LogP contribution in [0.5, 0.6) is 11.5 Å². The van der Waals surface area contributed by atoms with Gasteiger partial charge in [0.25, 0.3) is 11.1 Å². The van der Waals surface area contributed by atoms with Crippen LogP contribution in [0.1, 0.15) is 32.3 Å². The predicted octanol–water partition coefficient (Wildman–Crippen LogP) is 2.70. The molecule has 0 spiro atoms. The average Bonchev–Trinajstić information content (AvgIpc) is 3.40. The van der Waals surface area contributed by atoms with Crippen LogP contribution in [0, 0.1) is 0 Å². The predicted molar refractivity (Wildman–Crippen MR) is 131 cm³/mol. The van der Waals surface area contributed by atoms with Crippen molar-refractivity contribution in [2.45, 2.75) is 37.6 Å². The standard InChI is InChI=1S/C23H27N3O6S2/c1-4-32-16-6-5-14(11-17(16)31-3)12-18-21(29)25(22(30)34-18)10-9-24-20(28)15-13-33-23(2)8-7-19(27)26(15)23/h5-6,11-12,15H,4,7-10,13H2,1-3H3,(H,24,28)/b18-12+/t15-,23-/m1/s1. The zero-order chi connectivity index (χ0) is 24.5. The Balaban J connectivity index is 1.35. The monoisotopic (exact) mass is 505 g/mol. The molecular weight excluding hydrogens is 478 g/mol. The Morgan fingerprint density at radius 1 is 1.29 bits per heavy atom. The average molecular weight is 506 g/mol. The Morgan fingerprint density at radius 3 is 2.82 bits per heavy atom.